The molecular formula is C27H32ClN3O4. The molecule has 8 heteroatoms. The van der Waals surface area contributed by atoms with Crippen LogP contribution in [0.4, 0.5) is 5.69 Å². The second-order valence-corrected chi connectivity index (χ2v) is 8.49. The molecule has 0 aliphatic carbocycles. The molecule has 0 aliphatic heterocycles. The molecule has 0 saturated heterocycles. The van der Waals surface area contributed by atoms with Crippen molar-refractivity contribution in [3.8, 4) is 5.75 Å². The average molecular weight is 498 g/mol. The number of nitrogens with zero attached hydrogens (tertiary/aromatic N) is 1. The molecule has 0 spiro atoms. The van der Waals surface area contributed by atoms with E-state index in [9.17, 15) is 14.7 Å². The summed E-state index contributed by atoms with van der Waals surface area (Å²) in [6.45, 7) is 3.74. The molecule has 0 aliphatic rings. The van der Waals surface area contributed by atoms with E-state index in [4.69, 9.17) is 16.3 Å². The minimum absolute atomic E-state index is 0. The number of aliphatic hydroxyl groups excluding tert-OH is 1. The van der Waals surface area contributed by atoms with E-state index in [-0.39, 0.29) is 38.0 Å². The standard InChI is InChI=1S/C26H28ClN3O4.CH4/c1-17(2)34-24-8-5-20(16-23(24)27)26(33)30-22(11-14-31)15-18-3-6-21(7-4-18)29-25(32)19-9-12-28-13-10-19;/h3-10,12-13,16-17,22,31H,11,14-15H2,1-2H3,(H,29,32)(H,30,33);1H4/t22-;/m1./s1. The third-order valence-electron chi connectivity index (χ3n) is 5.01. The maximum Gasteiger partial charge on any atom is 0.255 e. The second kappa shape index (κ2) is 13.5. The van der Waals surface area contributed by atoms with Crippen molar-refractivity contribution < 1.29 is 19.4 Å². The lowest BCUT2D eigenvalue weighted by molar-refractivity contribution is 0.0929. The number of carbonyl (C=O) groups is 2. The number of anilines is 1. The summed E-state index contributed by atoms with van der Waals surface area (Å²) >= 11 is 6.26. The fourth-order valence-electron chi connectivity index (χ4n) is 3.36. The highest BCUT2D eigenvalue weighted by molar-refractivity contribution is 6.32. The Morgan fingerprint density at radius 3 is 2.29 bits per heavy atom. The number of ether oxygens (including phenoxy) is 1. The third kappa shape index (κ3) is 8.38. The first-order chi connectivity index (χ1) is 16.4. The van der Waals surface area contributed by atoms with Gasteiger partial charge in [-0.05, 0) is 74.7 Å². The number of amides is 2. The molecule has 186 valence electrons. The number of carbonyl (C=O) groups excluding carboxylic acids is 2. The first-order valence-electron chi connectivity index (χ1n) is 11.0. The molecule has 35 heavy (non-hydrogen) atoms. The highest BCUT2D eigenvalue weighted by Crippen LogP contribution is 2.26. The van der Waals surface area contributed by atoms with Crippen molar-refractivity contribution >= 4 is 29.1 Å². The van der Waals surface area contributed by atoms with Gasteiger partial charge in [0.25, 0.3) is 11.8 Å². The lowest BCUT2D eigenvalue weighted by atomic mass is 10.0. The van der Waals surface area contributed by atoms with Crippen molar-refractivity contribution in [1.29, 1.82) is 0 Å². The van der Waals surface area contributed by atoms with E-state index in [0.29, 0.717) is 40.4 Å². The molecule has 7 nitrogen and oxygen atoms in total. The van der Waals surface area contributed by atoms with Gasteiger partial charge in [-0.25, -0.2) is 0 Å². The van der Waals surface area contributed by atoms with Crippen molar-refractivity contribution in [2.75, 3.05) is 11.9 Å². The zero-order valence-electron chi connectivity index (χ0n) is 19.1. The smallest absolute Gasteiger partial charge is 0.255 e. The molecule has 0 fully saturated rings. The Hall–Kier alpha value is -3.42. The Labute approximate surface area is 211 Å². The second-order valence-electron chi connectivity index (χ2n) is 8.09. The van der Waals surface area contributed by atoms with E-state index >= 15 is 0 Å². The van der Waals surface area contributed by atoms with Gasteiger partial charge in [0.05, 0.1) is 11.1 Å². The first kappa shape index (κ1) is 27.8. The van der Waals surface area contributed by atoms with Gasteiger partial charge in [0.1, 0.15) is 5.75 Å². The third-order valence-corrected chi connectivity index (χ3v) is 5.30. The Morgan fingerprint density at radius 2 is 1.69 bits per heavy atom. The fraction of sp³-hybridized carbons (Fsp3) is 0.296. The van der Waals surface area contributed by atoms with E-state index in [1.807, 2.05) is 26.0 Å². The fourth-order valence-corrected chi connectivity index (χ4v) is 3.58. The van der Waals surface area contributed by atoms with Gasteiger partial charge >= 0.3 is 0 Å². The maximum atomic E-state index is 12.8. The molecular weight excluding hydrogens is 466 g/mol. The monoisotopic (exact) mass is 497 g/mol. The summed E-state index contributed by atoms with van der Waals surface area (Å²) in [5, 5.41) is 15.6. The van der Waals surface area contributed by atoms with Gasteiger partial charge < -0.3 is 20.5 Å². The van der Waals surface area contributed by atoms with E-state index in [2.05, 4.69) is 15.6 Å². The van der Waals surface area contributed by atoms with E-state index in [1.54, 1.807) is 54.9 Å². The molecule has 0 radical (unpaired) electrons. The van der Waals surface area contributed by atoms with Gasteiger partial charge in [0.15, 0.2) is 0 Å². The highest BCUT2D eigenvalue weighted by atomic mass is 35.5. The van der Waals surface area contributed by atoms with Gasteiger partial charge in [-0.2, -0.15) is 0 Å². The molecule has 0 saturated carbocycles. The number of nitrogens with one attached hydrogen (secondary N) is 2. The minimum Gasteiger partial charge on any atom is -0.489 e. The van der Waals surface area contributed by atoms with Crippen LogP contribution in [0.3, 0.4) is 0 Å². The summed E-state index contributed by atoms with van der Waals surface area (Å²) in [6.07, 6.45) is 4.02. The summed E-state index contributed by atoms with van der Waals surface area (Å²) in [7, 11) is 0. The van der Waals surface area contributed by atoms with Crippen LogP contribution >= 0.6 is 11.6 Å². The Morgan fingerprint density at radius 1 is 1.00 bits per heavy atom. The molecule has 0 bridgehead atoms. The van der Waals surface area contributed by atoms with Crippen LogP contribution in [0.25, 0.3) is 0 Å². The van der Waals surface area contributed by atoms with E-state index in [1.165, 1.54) is 0 Å². The molecule has 1 atom stereocenters. The molecule has 3 rings (SSSR count). The predicted molar refractivity (Wildman–Crippen MR) is 139 cm³/mol. The van der Waals surface area contributed by atoms with Crippen molar-refractivity contribution in [2.24, 2.45) is 0 Å². The van der Waals surface area contributed by atoms with Crippen LogP contribution in [0.15, 0.2) is 67.0 Å². The highest BCUT2D eigenvalue weighted by Gasteiger charge is 2.16. The zero-order chi connectivity index (χ0) is 24.5. The average Bonchev–Trinajstić information content (AvgIpc) is 2.82. The van der Waals surface area contributed by atoms with Gasteiger partial charge in [0, 0.05) is 41.9 Å². The quantitative estimate of drug-likeness (QED) is 0.360. The largest absolute Gasteiger partial charge is 0.489 e. The van der Waals surface area contributed by atoms with Crippen LogP contribution in [-0.2, 0) is 6.42 Å². The van der Waals surface area contributed by atoms with Crippen molar-refractivity contribution in [3.63, 3.8) is 0 Å². The number of aromatic nitrogens is 1. The summed E-state index contributed by atoms with van der Waals surface area (Å²) in [6, 6.07) is 15.3. The zero-order valence-corrected chi connectivity index (χ0v) is 19.9. The molecule has 2 amide bonds. The number of rotatable bonds is 10. The molecule has 2 aromatic carbocycles. The number of benzene rings is 2. The molecule has 3 N–H and O–H groups in total. The van der Waals surface area contributed by atoms with Crippen molar-refractivity contribution in [1.82, 2.24) is 10.3 Å². The SMILES string of the molecule is C.CC(C)Oc1ccc(C(=O)N[C@H](CCO)Cc2ccc(NC(=O)c3ccncc3)cc2)cc1Cl. The normalized spacial score (nSPS) is 11.3. The Balaban J connectivity index is 0.00000432. The van der Waals surface area contributed by atoms with Crippen LogP contribution in [0.2, 0.25) is 5.02 Å². The predicted octanol–water partition coefficient (Wildman–Crippen LogP) is 5.13. The number of aliphatic hydroxyl groups is 1. The number of halogens is 1. The van der Waals surface area contributed by atoms with Gasteiger partial charge in [0.2, 0.25) is 0 Å². The van der Waals surface area contributed by atoms with Gasteiger partial charge in [-0.15, -0.1) is 0 Å². The maximum absolute atomic E-state index is 12.8. The van der Waals surface area contributed by atoms with Crippen molar-refractivity contribution in [2.45, 2.75) is 46.3 Å². The van der Waals surface area contributed by atoms with Crippen LogP contribution in [0, 0.1) is 0 Å². The number of hydrogen-bond donors (Lipinski definition) is 3. The topological polar surface area (TPSA) is 101 Å². The van der Waals surface area contributed by atoms with Crippen LogP contribution in [0.1, 0.15) is 54.0 Å². The minimum atomic E-state index is -0.280. The summed E-state index contributed by atoms with van der Waals surface area (Å²) in [5.41, 5.74) is 2.55. The van der Waals surface area contributed by atoms with Gasteiger partial charge in [-0.1, -0.05) is 31.2 Å². The summed E-state index contributed by atoms with van der Waals surface area (Å²) in [5.74, 6) is 0.0259. The molecule has 1 heterocycles. The number of hydrogen-bond acceptors (Lipinski definition) is 5. The van der Waals surface area contributed by atoms with Crippen LogP contribution in [-0.4, -0.2) is 40.7 Å². The van der Waals surface area contributed by atoms with E-state index < -0.39 is 0 Å². The van der Waals surface area contributed by atoms with E-state index in [0.717, 1.165) is 5.56 Å². The Bertz CT molecular complexity index is 1110. The lowest BCUT2D eigenvalue weighted by Crippen LogP contribution is -2.37. The summed E-state index contributed by atoms with van der Waals surface area (Å²) in [4.78, 5) is 29.0. The number of pyridine rings is 1. The van der Waals surface area contributed by atoms with Crippen LogP contribution < -0.4 is 15.4 Å². The molecule has 1 aromatic heterocycles. The Kier molecular flexibility index (Phi) is 10.7. The first-order valence-corrected chi connectivity index (χ1v) is 11.4. The summed E-state index contributed by atoms with van der Waals surface area (Å²) < 4.78 is 5.61. The lowest BCUT2D eigenvalue weighted by Gasteiger charge is -2.19. The van der Waals surface area contributed by atoms with Crippen LogP contribution in [0.5, 0.6) is 5.75 Å². The van der Waals surface area contributed by atoms with Gasteiger partial charge in [-0.3, -0.25) is 14.6 Å². The molecule has 0 unspecified atom stereocenters. The molecule has 3 aromatic rings. The van der Waals surface area contributed by atoms with Crippen molar-refractivity contribution in [3.05, 3.63) is 88.7 Å².